The summed E-state index contributed by atoms with van der Waals surface area (Å²) in [6.45, 7) is 2.89. The van der Waals surface area contributed by atoms with Gasteiger partial charge in [-0.05, 0) is 24.5 Å². The van der Waals surface area contributed by atoms with Crippen molar-refractivity contribution in [2.24, 2.45) is 0 Å². The van der Waals surface area contributed by atoms with E-state index in [1.165, 1.54) is 10.4 Å². The molecule has 1 fully saturated rings. The van der Waals surface area contributed by atoms with Crippen molar-refractivity contribution in [2.75, 3.05) is 12.3 Å². The van der Waals surface area contributed by atoms with E-state index in [4.69, 9.17) is 15.2 Å². The highest BCUT2D eigenvalue weighted by atomic mass is 32.1. The van der Waals surface area contributed by atoms with Crippen molar-refractivity contribution in [2.45, 2.75) is 44.5 Å². The number of hydrogen-bond acceptors (Lipinski definition) is 4. The maximum atomic E-state index is 6.05. The lowest BCUT2D eigenvalue weighted by Crippen LogP contribution is -2.36. The molecule has 2 aliphatic rings. The van der Waals surface area contributed by atoms with Crippen LogP contribution in [0.25, 0.3) is 0 Å². The van der Waals surface area contributed by atoms with Gasteiger partial charge in [-0.2, -0.15) is 0 Å². The molecule has 4 heteroatoms. The molecule has 2 heterocycles. The SMILES string of the molecule is CCC1COC2(CCc3cc(N)sc3C2)O1. The molecule has 1 aromatic rings. The van der Waals surface area contributed by atoms with Gasteiger partial charge in [0.1, 0.15) is 0 Å². The minimum atomic E-state index is -0.342. The average molecular weight is 239 g/mol. The molecule has 88 valence electrons. The number of nitrogens with two attached hydrogens (primary N) is 1. The van der Waals surface area contributed by atoms with Crippen molar-refractivity contribution in [3.63, 3.8) is 0 Å². The number of thiophene rings is 1. The predicted octanol–water partition coefficient (Wildman–Crippen LogP) is 2.34. The summed E-state index contributed by atoms with van der Waals surface area (Å²) in [5.41, 5.74) is 7.22. The molecular formula is C12H17NO2S. The lowest BCUT2D eigenvalue weighted by atomic mass is 9.93. The van der Waals surface area contributed by atoms with Crippen molar-refractivity contribution < 1.29 is 9.47 Å². The highest BCUT2D eigenvalue weighted by molar-refractivity contribution is 7.16. The molecule has 16 heavy (non-hydrogen) atoms. The fraction of sp³-hybridized carbons (Fsp3) is 0.667. The van der Waals surface area contributed by atoms with Crippen LogP contribution in [0.1, 0.15) is 30.2 Å². The third-order valence-corrected chi connectivity index (χ3v) is 4.50. The quantitative estimate of drug-likeness (QED) is 0.818. The summed E-state index contributed by atoms with van der Waals surface area (Å²) < 4.78 is 11.9. The van der Waals surface area contributed by atoms with Gasteiger partial charge in [0.05, 0.1) is 17.7 Å². The van der Waals surface area contributed by atoms with Crippen LogP contribution >= 0.6 is 11.3 Å². The molecule has 2 unspecified atom stereocenters. The Kier molecular flexibility index (Phi) is 2.46. The van der Waals surface area contributed by atoms with Crippen LogP contribution < -0.4 is 5.73 Å². The first-order chi connectivity index (χ1) is 7.71. The molecule has 3 rings (SSSR count). The van der Waals surface area contributed by atoms with Gasteiger partial charge in [0, 0.05) is 17.7 Å². The second-order valence-electron chi connectivity index (χ2n) is 4.64. The lowest BCUT2D eigenvalue weighted by molar-refractivity contribution is -0.174. The third-order valence-electron chi connectivity index (χ3n) is 3.49. The normalized spacial score (nSPS) is 33.2. The summed E-state index contributed by atoms with van der Waals surface area (Å²) >= 11 is 1.68. The Balaban J connectivity index is 1.82. The molecule has 0 bridgehead atoms. The standard InChI is InChI=1S/C12H17NO2S/c1-2-9-7-14-12(15-9)4-3-8-5-11(13)16-10(8)6-12/h5,9H,2-4,6-7,13H2,1H3. The average Bonchev–Trinajstić information content (AvgIpc) is 2.82. The maximum Gasteiger partial charge on any atom is 0.173 e. The van der Waals surface area contributed by atoms with E-state index in [1.54, 1.807) is 11.3 Å². The number of aryl methyl sites for hydroxylation is 1. The van der Waals surface area contributed by atoms with Crippen molar-refractivity contribution in [3.05, 3.63) is 16.5 Å². The van der Waals surface area contributed by atoms with E-state index in [0.717, 1.165) is 37.3 Å². The van der Waals surface area contributed by atoms with E-state index in [9.17, 15) is 0 Å². The Hall–Kier alpha value is -0.580. The Labute approximate surface area is 99.5 Å². The van der Waals surface area contributed by atoms with Gasteiger partial charge in [-0.3, -0.25) is 0 Å². The smallest absolute Gasteiger partial charge is 0.173 e. The number of anilines is 1. The van der Waals surface area contributed by atoms with Gasteiger partial charge in [-0.1, -0.05) is 6.92 Å². The van der Waals surface area contributed by atoms with Gasteiger partial charge in [0.2, 0.25) is 0 Å². The zero-order valence-electron chi connectivity index (χ0n) is 9.49. The monoisotopic (exact) mass is 239 g/mol. The maximum absolute atomic E-state index is 6.05. The number of ether oxygens (including phenoxy) is 2. The summed E-state index contributed by atoms with van der Waals surface area (Å²) in [6.07, 6.45) is 4.17. The first kappa shape index (κ1) is 10.6. The minimum Gasteiger partial charge on any atom is -0.391 e. The van der Waals surface area contributed by atoms with Crippen molar-refractivity contribution in [1.82, 2.24) is 0 Å². The predicted molar refractivity (Wildman–Crippen MR) is 64.6 cm³/mol. The van der Waals surface area contributed by atoms with Crippen LogP contribution in [0.5, 0.6) is 0 Å². The highest BCUT2D eigenvalue weighted by Crippen LogP contribution is 2.41. The van der Waals surface area contributed by atoms with Gasteiger partial charge in [0.25, 0.3) is 0 Å². The minimum absolute atomic E-state index is 0.277. The molecule has 2 N–H and O–H groups in total. The van der Waals surface area contributed by atoms with Crippen LogP contribution in [0.3, 0.4) is 0 Å². The molecule has 3 nitrogen and oxygen atoms in total. The molecule has 1 aromatic heterocycles. The number of fused-ring (bicyclic) bond motifs is 1. The summed E-state index contributed by atoms with van der Waals surface area (Å²) in [6, 6.07) is 2.10. The van der Waals surface area contributed by atoms with Gasteiger partial charge in [-0.15, -0.1) is 11.3 Å². The van der Waals surface area contributed by atoms with Gasteiger partial charge in [0.15, 0.2) is 5.79 Å². The number of hydrogen-bond donors (Lipinski definition) is 1. The molecule has 1 saturated heterocycles. The molecule has 1 spiro atoms. The summed E-state index contributed by atoms with van der Waals surface area (Å²) in [5.74, 6) is -0.342. The van der Waals surface area contributed by atoms with Crippen molar-refractivity contribution in [1.29, 1.82) is 0 Å². The largest absolute Gasteiger partial charge is 0.391 e. The van der Waals surface area contributed by atoms with Crippen LogP contribution in [-0.2, 0) is 22.3 Å². The fourth-order valence-corrected chi connectivity index (χ4v) is 3.62. The van der Waals surface area contributed by atoms with E-state index in [1.807, 2.05) is 0 Å². The molecule has 1 aliphatic carbocycles. The van der Waals surface area contributed by atoms with Crippen molar-refractivity contribution >= 4 is 16.3 Å². The second kappa shape index (κ2) is 3.72. The van der Waals surface area contributed by atoms with Crippen LogP contribution in [0.2, 0.25) is 0 Å². The van der Waals surface area contributed by atoms with E-state index in [2.05, 4.69) is 13.0 Å². The zero-order chi connectivity index (χ0) is 11.2. The fourth-order valence-electron chi connectivity index (χ4n) is 2.55. The van der Waals surface area contributed by atoms with E-state index >= 15 is 0 Å². The van der Waals surface area contributed by atoms with Crippen LogP contribution in [0.15, 0.2) is 6.07 Å². The highest BCUT2D eigenvalue weighted by Gasteiger charge is 2.43. The molecule has 0 aromatic carbocycles. The molecule has 1 aliphatic heterocycles. The first-order valence-corrected chi connectivity index (χ1v) is 6.71. The first-order valence-electron chi connectivity index (χ1n) is 5.89. The lowest BCUT2D eigenvalue weighted by Gasteiger charge is -2.31. The Morgan fingerprint density at radius 1 is 1.62 bits per heavy atom. The van der Waals surface area contributed by atoms with Crippen LogP contribution in [-0.4, -0.2) is 18.5 Å². The second-order valence-corrected chi connectivity index (χ2v) is 5.81. The van der Waals surface area contributed by atoms with Gasteiger partial charge in [-0.25, -0.2) is 0 Å². The van der Waals surface area contributed by atoms with E-state index < -0.39 is 0 Å². The number of nitrogen functional groups attached to an aromatic ring is 1. The molecule has 2 atom stereocenters. The van der Waals surface area contributed by atoms with Crippen molar-refractivity contribution in [3.8, 4) is 0 Å². The summed E-state index contributed by atoms with van der Waals surface area (Å²) in [5, 5.41) is 0.909. The third kappa shape index (κ3) is 1.65. The Morgan fingerprint density at radius 2 is 2.50 bits per heavy atom. The van der Waals surface area contributed by atoms with Crippen LogP contribution in [0, 0.1) is 0 Å². The van der Waals surface area contributed by atoms with Gasteiger partial charge < -0.3 is 15.2 Å². The summed E-state index contributed by atoms with van der Waals surface area (Å²) in [4.78, 5) is 1.35. The molecular weight excluding hydrogens is 222 g/mol. The molecule has 0 amide bonds. The zero-order valence-corrected chi connectivity index (χ0v) is 10.3. The van der Waals surface area contributed by atoms with Crippen LogP contribution in [0.4, 0.5) is 5.00 Å². The topological polar surface area (TPSA) is 44.5 Å². The van der Waals surface area contributed by atoms with E-state index in [-0.39, 0.29) is 11.9 Å². The molecule has 0 saturated carbocycles. The van der Waals surface area contributed by atoms with Gasteiger partial charge >= 0.3 is 0 Å². The Bertz CT molecular complexity index is 404. The van der Waals surface area contributed by atoms with E-state index in [0.29, 0.717) is 0 Å². The summed E-state index contributed by atoms with van der Waals surface area (Å²) in [7, 11) is 0. The molecule has 0 radical (unpaired) electrons. The number of rotatable bonds is 1. The Morgan fingerprint density at radius 3 is 3.25 bits per heavy atom.